The van der Waals surface area contributed by atoms with Crippen LogP contribution in [0, 0.1) is 17.0 Å². The summed E-state index contributed by atoms with van der Waals surface area (Å²) in [4.78, 5) is 12.3. The smallest absolute Gasteiger partial charge is 0.298 e. The van der Waals surface area contributed by atoms with E-state index in [-0.39, 0.29) is 23.7 Å². The van der Waals surface area contributed by atoms with Gasteiger partial charge in [-0.05, 0) is 43.1 Å². The van der Waals surface area contributed by atoms with E-state index in [4.69, 9.17) is 0 Å². The second kappa shape index (κ2) is 8.93. The molecular formula is C20H22F3N3O4S. The molecule has 1 heterocycles. The molecule has 11 heteroatoms. The molecule has 3 rings (SSSR count). The van der Waals surface area contributed by atoms with Crippen molar-refractivity contribution in [3.63, 3.8) is 0 Å². The van der Waals surface area contributed by atoms with Crippen molar-refractivity contribution in [2.24, 2.45) is 0 Å². The van der Waals surface area contributed by atoms with Crippen LogP contribution in [0.5, 0.6) is 0 Å². The zero-order chi connectivity index (χ0) is 22.8. The first kappa shape index (κ1) is 23.2. The molecule has 0 N–H and O–H groups in total. The minimum atomic E-state index is -4.39. The van der Waals surface area contributed by atoms with Crippen LogP contribution in [0.4, 0.5) is 18.9 Å². The van der Waals surface area contributed by atoms with Gasteiger partial charge in [0.15, 0.2) is 0 Å². The van der Waals surface area contributed by atoms with Gasteiger partial charge in [-0.2, -0.15) is 17.5 Å². The SMILES string of the molecule is Cc1ccc([N+](=O)[O-])cc1S(=O)(=O)N1CCCN(Cc2ccc(C(F)(F)F)cc2)CC1. The van der Waals surface area contributed by atoms with Crippen molar-refractivity contribution in [1.82, 2.24) is 9.21 Å². The summed E-state index contributed by atoms with van der Waals surface area (Å²) >= 11 is 0. The van der Waals surface area contributed by atoms with Gasteiger partial charge in [-0.3, -0.25) is 15.0 Å². The van der Waals surface area contributed by atoms with Crippen LogP contribution in [0.3, 0.4) is 0 Å². The standard InChI is InChI=1S/C20H22F3N3O4S/c1-15-3-8-18(26(27)28)13-19(15)31(29,30)25-10-2-9-24(11-12-25)14-16-4-6-17(7-5-16)20(21,22)23/h3-8,13H,2,9-12,14H2,1H3. The number of aryl methyl sites for hydroxylation is 1. The lowest BCUT2D eigenvalue weighted by molar-refractivity contribution is -0.385. The Bertz CT molecular complexity index is 1060. The van der Waals surface area contributed by atoms with Crippen LogP contribution in [-0.2, 0) is 22.7 Å². The van der Waals surface area contributed by atoms with E-state index in [1.807, 2.05) is 4.90 Å². The normalized spacial score (nSPS) is 16.8. The van der Waals surface area contributed by atoms with Gasteiger partial charge in [0.05, 0.1) is 15.4 Å². The fourth-order valence-electron chi connectivity index (χ4n) is 3.52. The molecule has 168 valence electrons. The molecule has 1 saturated heterocycles. The molecule has 1 aliphatic rings. The van der Waals surface area contributed by atoms with E-state index in [0.29, 0.717) is 37.2 Å². The van der Waals surface area contributed by atoms with Gasteiger partial charge in [-0.1, -0.05) is 18.2 Å². The summed E-state index contributed by atoms with van der Waals surface area (Å²) in [5.74, 6) is 0. The summed E-state index contributed by atoms with van der Waals surface area (Å²) in [6.07, 6.45) is -3.85. The first-order valence-electron chi connectivity index (χ1n) is 9.62. The van der Waals surface area contributed by atoms with Gasteiger partial charge < -0.3 is 0 Å². The van der Waals surface area contributed by atoms with E-state index < -0.39 is 26.7 Å². The molecule has 0 aliphatic carbocycles. The van der Waals surface area contributed by atoms with Crippen LogP contribution in [0.1, 0.15) is 23.1 Å². The molecule has 0 spiro atoms. The maximum atomic E-state index is 13.1. The molecule has 0 saturated carbocycles. The van der Waals surface area contributed by atoms with E-state index in [1.54, 1.807) is 6.92 Å². The Morgan fingerprint density at radius 3 is 2.32 bits per heavy atom. The molecule has 1 fully saturated rings. The summed E-state index contributed by atoms with van der Waals surface area (Å²) in [6.45, 7) is 3.42. The monoisotopic (exact) mass is 457 g/mol. The molecular weight excluding hydrogens is 435 g/mol. The van der Waals surface area contributed by atoms with E-state index in [1.165, 1.54) is 28.6 Å². The van der Waals surface area contributed by atoms with Crippen LogP contribution in [0.15, 0.2) is 47.4 Å². The van der Waals surface area contributed by atoms with Gasteiger partial charge in [0.25, 0.3) is 5.69 Å². The van der Waals surface area contributed by atoms with E-state index in [2.05, 4.69) is 0 Å². The number of sulfonamides is 1. The van der Waals surface area contributed by atoms with Crippen molar-refractivity contribution < 1.29 is 26.5 Å². The summed E-state index contributed by atoms with van der Waals surface area (Å²) in [5.41, 5.74) is 0.134. The van der Waals surface area contributed by atoms with Crippen molar-refractivity contribution >= 4 is 15.7 Å². The molecule has 2 aromatic carbocycles. The molecule has 0 bridgehead atoms. The molecule has 2 aromatic rings. The summed E-state index contributed by atoms with van der Waals surface area (Å²) in [5, 5.41) is 11.0. The zero-order valence-corrected chi connectivity index (χ0v) is 17.6. The van der Waals surface area contributed by atoms with Crippen molar-refractivity contribution in [3.05, 3.63) is 69.3 Å². The fraction of sp³-hybridized carbons (Fsp3) is 0.400. The Labute approximate surface area is 178 Å². The van der Waals surface area contributed by atoms with Crippen LogP contribution >= 0.6 is 0 Å². The predicted molar refractivity (Wildman–Crippen MR) is 108 cm³/mol. The molecule has 0 amide bonds. The molecule has 7 nitrogen and oxygen atoms in total. The molecule has 1 aliphatic heterocycles. The van der Waals surface area contributed by atoms with Gasteiger partial charge in [0.1, 0.15) is 0 Å². The Morgan fingerprint density at radius 2 is 1.71 bits per heavy atom. The predicted octanol–water partition coefficient (Wildman–Crippen LogP) is 3.82. The maximum Gasteiger partial charge on any atom is 0.416 e. The van der Waals surface area contributed by atoms with Crippen molar-refractivity contribution in [1.29, 1.82) is 0 Å². The quantitative estimate of drug-likeness (QED) is 0.504. The minimum Gasteiger partial charge on any atom is -0.298 e. The first-order chi connectivity index (χ1) is 14.5. The Morgan fingerprint density at radius 1 is 1.03 bits per heavy atom. The number of alkyl halides is 3. The Hall–Kier alpha value is -2.50. The lowest BCUT2D eigenvalue weighted by Crippen LogP contribution is -2.35. The maximum absolute atomic E-state index is 13.1. The zero-order valence-electron chi connectivity index (χ0n) is 16.8. The third-order valence-corrected chi connectivity index (χ3v) is 7.28. The summed E-state index contributed by atoms with van der Waals surface area (Å²) in [7, 11) is -3.91. The van der Waals surface area contributed by atoms with Crippen LogP contribution in [0.2, 0.25) is 0 Å². The lowest BCUT2D eigenvalue weighted by Gasteiger charge is -2.22. The van der Waals surface area contributed by atoms with Gasteiger partial charge in [-0.15, -0.1) is 0 Å². The Kier molecular flexibility index (Phi) is 6.68. The number of nitro benzene ring substituents is 1. The van der Waals surface area contributed by atoms with Crippen LogP contribution in [0.25, 0.3) is 0 Å². The number of nitrogens with zero attached hydrogens (tertiary/aromatic N) is 3. The molecule has 0 radical (unpaired) electrons. The van der Waals surface area contributed by atoms with Gasteiger partial charge in [-0.25, -0.2) is 8.42 Å². The molecule has 0 atom stereocenters. The fourth-order valence-corrected chi connectivity index (χ4v) is 5.24. The molecule has 0 aromatic heterocycles. The topological polar surface area (TPSA) is 83.8 Å². The minimum absolute atomic E-state index is 0.0853. The third kappa shape index (κ3) is 5.41. The Balaban J connectivity index is 1.71. The number of benzene rings is 2. The van der Waals surface area contributed by atoms with Crippen molar-refractivity contribution in [2.75, 3.05) is 26.2 Å². The van der Waals surface area contributed by atoms with Gasteiger partial charge in [0, 0.05) is 38.3 Å². The number of hydrogen-bond donors (Lipinski definition) is 0. The van der Waals surface area contributed by atoms with Gasteiger partial charge >= 0.3 is 6.18 Å². The molecule has 0 unspecified atom stereocenters. The summed E-state index contributed by atoms with van der Waals surface area (Å²) < 4.78 is 65.7. The molecule has 31 heavy (non-hydrogen) atoms. The second-order valence-corrected chi connectivity index (χ2v) is 9.34. The highest BCUT2D eigenvalue weighted by molar-refractivity contribution is 7.89. The van der Waals surface area contributed by atoms with Crippen molar-refractivity contribution in [2.45, 2.75) is 31.0 Å². The number of halogens is 3. The highest BCUT2D eigenvalue weighted by atomic mass is 32.2. The summed E-state index contributed by atoms with van der Waals surface area (Å²) in [6, 6.07) is 8.69. The average Bonchev–Trinajstić information content (AvgIpc) is 2.94. The lowest BCUT2D eigenvalue weighted by atomic mass is 10.1. The average molecular weight is 457 g/mol. The second-order valence-electron chi connectivity index (χ2n) is 7.44. The first-order valence-corrected chi connectivity index (χ1v) is 11.1. The van der Waals surface area contributed by atoms with Crippen LogP contribution < -0.4 is 0 Å². The van der Waals surface area contributed by atoms with E-state index >= 15 is 0 Å². The van der Waals surface area contributed by atoms with Crippen molar-refractivity contribution in [3.8, 4) is 0 Å². The third-order valence-electron chi connectivity index (χ3n) is 5.24. The number of non-ortho nitro benzene ring substituents is 1. The highest BCUT2D eigenvalue weighted by Gasteiger charge is 2.31. The van der Waals surface area contributed by atoms with E-state index in [9.17, 15) is 31.7 Å². The number of nitro groups is 1. The number of hydrogen-bond acceptors (Lipinski definition) is 5. The van der Waals surface area contributed by atoms with E-state index in [0.717, 1.165) is 18.2 Å². The highest BCUT2D eigenvalue weighted by Crippen LogP contribution is 2.29. The van der Waals surface area contributed by atoms with Gasteiger partial charge in [0.2, 0.25) is 10.0 Å². The van der Waals surface area contributed by atoms with Crippen LogP contribution in [-0.4, -0.2) is 48.7 Å². The largest absolute Gasteiger partial charge is 0.416 e. The number of rotatable bonds is 5.